The maximum atomic E-state index is 14.0. The Morgan fingerprint density at radius 2 is 1.68 bits per heavy atom. The number of carbonyl (C=O) groups excluding carboxylic acids is 1. The Kier molecular flexibility index (Phi) is 10.1. The third-order valence-electron chi connectivity index (χ3n) is 5.70. The second kappa shape index (κ2) is 14.1. The van der Waals surface area contributed by atoms with Gasteiger partial charge >= 0.3 is 0 Å². The fraction of sp³-hybridized carbons (Fsp3) is 0.161. The molecule has 9 heteroatoms. The van der Waals surface area contributed by atoms with Gasteiger partial charge in [-0.1, -0.05) is 48.5 Å². The summed E-state index contributed by atoms with van der Waals surface area (Å²) in [5, 5.41) is 4.08. The molecule has 0 bridgehead atoms. The lowest BCUT2D eigenvalue weighted by Gasteiger charge is -2.14. The Labute approximate surface area is 240 Å². The molecule has 40 heavy (non-hydrogen) atoms. The number of benzene rings is 4. The van der Waals surface area contributed by atoms with Crippen LogP contribution in [-0.2, 0) is 13.2 Å². The highest BCUT2D eigenvalue weighted by atomic mass is 79.9. The predicted molar refractivity (Wildman–Crippen MR) is 155 cm³/mol. The van der Waals surface area contributed by atoms with E-state index < -0.39 is 5.91 Å². The molecule has 0 fully saturated rings. The highest BCUT2D eigenvalue weighted by Crippen LogP contribution is 2.37. The van der Waals surface area contributed by atoms with Crippen LogP contribution >= 0.6 is 15.9 Å². The Morgan fingerprint density at radius 1 is 0.900 bits per heavy atom. The maximum Gasteiger partial charge on any atom is 0.271 e. The van der Waals surface area contributed by atoms with E-state index in [9.17, 15) is 9.18 Å². The molecule has 0 unspecified atom stereocenters. The number of carbonyl (C=O) groups is 1. The van der Waals surface area contributed by atoms with Gasteiger partial charge in [0.15, 0.2) is 23.0 Å². The smallest absolute Gasteiger partial charge is 0.271 e. The van der Waals surface area contributed by atoms with Gasteiger partial charge in [0.1, 0.15) is 19.0 Å². The van der Waals surface area contributed by atoms with E-state index in [2.05, 4.69) is 26.5 Å². The fourth-order valence-electron chi connectivity index (χ4n) is 3.72. The van der Waals surface area contributed by atoms with Crippen LogP contribution in [0.5, 0.6) is 23.0 Å². The SMILES string of the molecule is CCOc1cc(C(=O)N/N=C/c2cc(Br)c(OCc3ccccc3F)c(OC)c2)ccc1OCc1ccccc1. The van der Waals surface area contributed by atoms with E-state index in [4.69, 9.17) is 18.9 Å². The Bertz CT molecular complexity index is 1480. The van der Waals surface area contributed by atoms with Gasteiger partial charge in [-0.05, 0) is 70.4 Å². The summed E-state index contributed by atoms with van der Waals surface area (Å²) in [7, 11) is 1.50. The van der Waals surface area contributed by atoms with Gasteiger partial charge < -0.3 is 18.9 Å². The minimum Gasteiger partial charge on any atom is -0.493 e. The van der Waals surface area contributed by atoms with Gasteiger partial charge in [-0.25, -0.2) is 9.82 Å². The number of hydrazone groups is 1. The van der Waals surface area contributed by atoms with Crippen molar-refractivity contribution in [2.75, 3.05) is 13.7 Å². The average Bonchev–Trinajstić information content (AvgIpc) is 2.97. The standard InChI is InChI=1S/C31H28BrFN2O5/c1-3-38-28-17-23(13-14-27(28)39-19-21-9-5-4-6-10-21)31(36)35-34-18-22-15-25(32)30(29(16-22)37-2)40-20-24-11-7-8-12-26(24)33/h4-18H,3,19-20H2,1-2H3,(H,35,36)/b34-18+. The molecule has 4 rings (SSSR count). The molecule has 1 N–H and O–H groups in total. The normalized spacial score (nSPS) is 10.8. The number of hydrogen-bond donors (Lipinski definition) is 1. The molecular weight excluding hydrogens is 579 g/mol. The average molecular weight is 607 g/mol. The summed E-state index contributed by atoms with van der Waals surface area (Å²) in [5.41, 5.74) is 4.97. The Morgan fingerprint density at radius 3 is 2.42 bits per heavy atom. The number of amides is 1. The second-order valence-corrected chi connectivity index (χ2v) is 9.34. The number of nitrogens with one attached hydrogen (secondary N) is 1. The van der Waals surface area contributed by atoms with Crippen molar-refractivity contribution in [1.82, 2.24) is 5.43 Å². The third-order valence-corrected chi connectivity index (χ3v) is 6.29. The van der Waals surface area contributed by atoms with Gasteiger partial charge in [0.2, 0.25) is 0 Å². The highest BCUT2D eigenvalue weighted by Gasteiger charge is 2.14. The van der Waals surface area contributed by atoms with Crippen LogP contribution in [0.25, 0.3) is 0 Å². The minimum atomic E-state index is -0.414. The van der Waals surface area contributed by atoms with Crippen molar-refractivity contribution in [3.8, 4) is 23.0 Å². The molecule has 0 spiro atoms. The molecule has 0 saturated heterocycles. The zero-order chi connectivity index (χ0) is 28.3. The van der Waals surface area contributed by atoms with E-state index in [1.165, 1.54) is 19.4 Å². The number of rotatable bonds is 12. The largest absolute Gasteiger partial charge is 0.493 e. The van der Waals surface area contributed by atoms with Crippen LogP contribution < -0.4 is 24.4 Å². The van der Waals surface area contributed by atoms with Crippen LogP contribution in [0.1, 0.15) is 34.0 Å². The van der Waals surface area contributed by atoms with Gasteiger partial charge in [-0.3, -0.25) is 4.79 Å². The van der Waals surface area contributed by atoms with Gasteiger partial charge in [0, 0.05) is 11.1 Å². The first-order valence-electron chi connectivity index (χ1n) is 12.5. The van der Waals surface area contributed by atoms with Crippen molar-refractivity contribution < 1.29 is 28.1 Å². The van der Waals surface area contributed by atoms with Crippen molar-refractivity contribution in [3.05, 3.63) is 117 Å². The van der Waals surface area contributed by atoms with Crippen molar-refractivity contribution in [1.29, 1.82) is 0 Å². The van der Waals surface area contributed by atoms with Crippen LogP contribution in [0.3, 0.4) is 0 Å². The molecule has 7 nitrogen and oxygen atoms in total. The summed E-state index contributed by atoms with van der Waals surface area (Å²) in [5.74, 6) is 1.09. The molecule has 0 aromatic heterocycles. The summed E-state index contributed by atoms with van der Waals surface area (Å²) in [6.45, 7) is 2.69. The van der Waals surface area contributed by atoms with Crippen LogP contribution in [0.2, 0.25) is 0 Å². The molecule has 4 aromatic carbocycles. The molecule has 0 aliphatic carbocycles. The lowest BCUT2D eigenvalue weighted by Crippen LogP contribution is -2.17. The number of methoxy groups -OCH3 is 1. The summed E-state index contributed by atoms with van der Waals surface area (Å²) in [6, 6.07) is 24.6. The fourth-order valence-corrected chi connectivity index (χ4v) is 4.30. The second-order valence-electron chi connectivity index (χ2n) is 8.48. The van der Waals surface area contributed by atoms with Gasteiger partial charge in [0.25, 0.3) is 5.91 Å². The molecule has 0 radical (unpaired) electrons. The predicted octanol–water partition coefficient (Wildman–Crippen LogP) is 6.92. The zero-order valence-corrected chi connectivity index (χ0v) is 23.6. The van der Waals surface area contributed by atoms with E-state index >= 15 is 0 Å². The van der Waals surface area contributed by atoms with Crippen molar-refractivity contribution in [3.63, 3.8) is 0 Å². The number of ether oxygens (including phenoxy) is 4. The monoisotopic (exact) mass is 606 g/mol. The van der Waals surface area contributed by atoms with Crippen LogP contribution in [0.4, 0.5) is 4.39 Å². The Balaban J connectivity index is 1.41. The van der Waals surface area contributed by atoms with E-state index in [0.717, 1.165) is 5.56 Å². The first-order chi connectivity index (χ1) is 19.5. The quantitative estimate of drug-likeness (QED) is 0.140. The van der Waals surface area contributed by atoms with E-state index in [1.807, 2.05) is 37.3 Å². The summed E-state index contributed by atoms with van der Waals surface area (Å²) < 4.78 is 37.4. The lowest BCUT2D eigenvalue weighted by atomic mass is 10.2. The first kappa shape index (κ1) is 28.6. The molecule has 0 heterocycles. The summed E-state index contributed by atoms with van der Waals surface area (Å²) >= 11 is 3.47. The first-order valence-corrected chi connectivity index (χ1v) is 13.3. The van der Waals surface area contributed by atoms with Gasteiger partial charge in [-0.2, -0.15) is 5.10 Å². The molecule has 0 aliphatic rings. The molecule has 4 aromatic rings. The molecule has 0 saturated carbocycles. The van der Waals surface area contributed by atoms with Crippen LogP contribution in [0.15, 0.2) is 94.5 Å². The topological polar surface area (TPSA) is 78.4 Å². The molecule has 206 valence electrons. The molecule has 1 amide bonds. The van der Waals surface area contributed by atoms with Gasteiger partial charge in [0.05, 0.1) is 24.4 Å². The highest BCUT2D eigenvalue weighted by molar-refractivity contribution is 9.10. The summed E-state index contributed by atoms with van der Waals surface area (Å²) in [4.78, 5) is 12.8. The van der Waals surface area contributed by atoms with Crippen LogP contribution in [0, 0.1) is 5.82 Å². The number of hydrogen-bond acceptors (Lipinski definition) is 6. The van der Waals surface area contributed by atoms with Gasteiger partial charge in [-0.15, -0.1) is 0 Å². The van der Waals surface area contributed by atoms with Crippen molar-refractivity contribution >= 4 is 28.1 Å². The maximum absolute atomic E-state index is 14.0. The number of halogens is 2. The number of nitrogens with zero attached hydrogens (tertiary/aromatic N) is 1. The van der Waals surface area contributed by atoms with Crippen molar-refractivity contribution in [2.24, 2.45) is 5.10 Å². The third kappa shape index (κ3) is 7.60. The minimum absolute atomic E-state index is 0.0327. The molecular formula is C31H28BrFN2O5. The van der Waals surface area contributed by atoms with E-state index in [-0.39, 0.29) is 12.4 Å². The molecule has 0 atom stereocenters. The van der Waals surface area contributed by atoms with Crippen molar-refractivity contribution in [2.45, 2.75) is 20.1 Å². The molecule has 0 aliphatic heterocycles. The lowest BCUT2D eigenvalue weighted by molar-refractivity contribution is 0.0954. The van der Waals surface area contributed by atoms with E-state index in [0.29, 0.717) is 57.4 Å². The van der Waals surface area contributed by atoms with E-state index in [1.54, 1.807) is 48.5 Å². The Hall–Kier alpha value is -4.37. The van der Waals surface area contributed by atoms with Crippen LogP contribution in [-0.4, -0.2) is 25.8 Å². The zero-order valence-electron chi connectivity index (χ0n) is 22.0. The summed E-state index contributed by atoms with van der Waals surface area (Å²) in [6.07, 6.45) is 1.48.